The van der Waals surface area contributed by atoms with Gasteiger partial charge in [0.25, 0.3) is 0 Å². The van der Waals surface area contributed by atoms with Crippen molar-refractivity contribution >= 4 is 58.2 Å². The van der Waals surface area contributed by atoms with Gasteiger partial charge in [-0.3, -0.25) is 19.2 Å². The second-order valence-electron chi connectivity index (χ2n) is 10.4. The Bertz CT molecular complexity index is 1450. The lowest BCUT2D eigenvalue weighted by Crippen LogP contribution is -2.61. The number of benzene rings is 2. The molecule has 1 saturated heterocycles. The zero-order valence-corrected chi connectivity index (χ0v) is 26.7. The molecule has 0 radical (unpaired) electrons. The summed E-state index contributed by atoms with van der Waals surface area (Å²) in [6, 6.07) is 14.6. The summed E-state index contributed by atoms with van der Waals surface area (Å²) in [5, 5.41) is 12.5. The predicted octanol–water partition coefficient (Wildman–Crippen LogP) is 4.61. The maximum Gasteiger partial charge on any atom is 0.325 e. The molecule has 1 aliphatic heterocycles. The summed E-state index contributed by atoms with van der Waals surface area (Å²) in [7, 11) is 0. The topological polar surface area (TPSA) is 107 Å². The van der Waals surface area contributed by atoms with E-state index in [9.17, 15) is 24.3 Å². The molecule has 0 bridgehead atoms. The fourth-order valence-corrected chi connectivity index (χ4v) is 6.26. The molecule has 0 aliphatic carbocycles. The van der Waals surface area contributed by atoms with E-state index in [4.69, 9.17) is 27.9 Å². The molecule has 1 atom stereocenters. The van der Waals surface area contributed by atoms with Gasteiger partial charge in [0.1, 0.15) is 18.3 Å². The number of halogens is 2. The maximum atomic E-state index is 13.9. The lowest BCUT2D eigenvalue weighted by molar-refractivity contribution is -0.158. The zero-order valence-electron chi connectivity index (χ0n) is 24.4. The van der Waals surface area contributed by atoms with Crippen molar-refractivity contribution in [2.75, 3.05) is 39.3 Å². The van der Waals surface area contributed by atoms with Gasteiger partial charge in [-0.2, -0.15) is 0 Å². The Morgan fingerprint density at radius 3 is 2.50 bits per heavy atom. The average molecular weight is 661 g/mol. The first-order chi connectivity index (χ1) is 21.1. The fourth-order valence-electron chi connectivity index (χ4n) is 5.06. The molecular weight excluding hydrogens is 625 g/mol. The minimum absolute atomic E-state index is 0.105. The molecule has 2 heterocycles. The van der Waals surface area contributed by atoms with E-state index < -0.39 is 17.9 Å². The SMILES string of the molecule is CCOC(=O)CN(CCc1ccc(O)cc1)C(=O)CC1C(=O)N(CCc2ccc(Cl)cc2Cl)CC(=O)N1CCc1cccs1. The molecule has 9 nitrogen and oxygen atoms in total. The van der Waals surface area contributed by atoms with Crippen molar-refractivity contribution in [3.8, 4) is 5.75 Å². The van der Waals surface area contributed by atoms with E-state index in [1.165, 1.54) is 14.7 Å². The Balaban J connectivity index is 1.52. The number of aromatic hydroxyl groups is 1. The van der Waals surface area contributed by atoms with Gasteiger partial charge in [-0.05, 0) is 73.0 Å². The van der Waals surface area contributed by atoms with Crippen molar-refractivity contribution in [2.24, 2.45) is 0 Å². The van der Waals surface area contributed by atoms with Crippen molar-refractivity contribution in [1.82, 2.24) is 14.7 Å². The molecule has 12 heteroatoms. The second kappa shape index (κ2) is 15.9. The molecule has 2 aromatic carbocycles. The third-order valence-electron chi connectivity index (χ3n) is 7.42. The molecule has 1 fully saturated rings. The normalized spacial score (nSPS) is 15.0. The van der Waals surface area contributed by atoms with E-state index in [2.05, 4.69) is 0 Å². The summed E-state index contributed by atoms with van der Waals surface area (Å²) >= 11 is 13.9. The first kappa shape index (κ1) is 33.3. The Labute approximate surface area is 270 Å². The monoisotopic (exact) mass is 659 g/mol. The molecule has 1 unspecified atom stereocenters. The lowest BCUT2D eigenvalue weighted by Gasteiger charge is -2.40. The highest BCUT2D eigenvalue weighted by molar-refractivity contribution is 7.09. The van der Waals surface area contributed by atoms with E-state index in [0.717, 1.165) is 16.0 Å². The molecule has 0 saturated carbocycles. The van der Waals surface area contributed by atoms with Crippen molar-refractivity contribution in [1.29, 1.82) is 0 Å². The number of amides is 3. The Kier molecular flexibility index (Phi) is 12.1. The van der Waals surface area contributed by atoms with E-state index in [1.807, 2.05) is 17.5 Å². The van der Waals surface area contributed by atoms with Gasteiger partial charge in [0.05, 0.1) is 19.6 Å². The minimum Gasteiger partial charge on any atom is -0.508 e. The number of esters is 1. The van der Waals surface area contributed by atoms with E-state index in [0.29, 0.717) is 29.3 Å². The molecule has 44 heavy (non-hydrogen) atoms. The molecule has 1 aliphatic rings. The number of piperazine rings is 1. The average Bonchev–Trinajstić information content (AvgIpc) is 3.51. The Morgan fingerprint density at radius 2 is 1.82 bits per heavy atom. The van der Waals surface area contributed by atoms with Crippen LogP contribution in [0, 0.1) is 0 Å². The van der Waals surface area contributed by atoms with Crippen LogP contribution >= 0.6 is 34.5 Å². The first-order valence-corrected chi connectivity index (χ1v) is 16.0. The van der Waals surface area contributed by atoms with E-state index >= 15 is 0 Å². The quantitative estimate of drug-likeness (QED) is 0.253. The number of ether oxygens (including phenoxy) is 1. The molecule has 3 amide bonds. The second-order valence-corrected chi connectivity index (χ2v) is 12.3. The van der Waals surface area contributed by atoms with Crippen LogP contribution in [-0.2, 0) is 43.2 Å². The number of phenols is 1. The number of carbonyl (C=O) groups excluding carboxylic acids is 4. The summed E-state index contributed by atoms with van der Waals surface area (Å²) in [4.78, 5) is 59.0. The summed E-state index contributed by atoms with van der Waals surface area (Å²) < 4.78 is 5.10. The highest BCUT2D eigenvalue weighted by Crippen LogP contribution is 2.24. The molecule has 4 rings (SSSR count). The summed E-state index contributed by atoms with van der Waals surface area (Å²) in [5.41, 5.74) is 1.65. The zero-order chi connectivity index (χ0) is 31.6. The third-order valence-corrected chi connectivity index (χ3v) is 8.94. The van der Waals surface area contributed by atoms with Gasteiger partial charge in [0.2, 0.25) is 17.7 Å². The molecule has 1 N–H and O–H groups in total. The summed E-state index contributed by atoms with van der Waals surface area (Å²) in [6.45, 7) is 2.17. The van der Waals surface area contributed by atoms with Gasteiger partial charge in [-0.25, -0.2) is 0 Å². The van der Waals surface area contributed by atoms with Crippen LogP contribution in [0.1, 0.15) is 29.3 Å². The molecule has 3 aromatic rings. The molecule has 0 spiro atoms. The van der Waals surface area contributed by atoms with Gasteiger partial charge in [0, 0.05) is 34.6 Å². The van der Waals surface area contributed by atoms with E-state index in [-0.39, 0.29) is 63.3 Å². The predicted molar refractivity (Wildman–Crippen MR) is 170 cm³/mol. The highest BCUT2D eigenvalue weighted by Gasteiger charge is 2.41. The third kappa shape index (κ3) is 9.20. The highest BCUT2D eigenvalue weighted by atomic mass is 35.5. The fraction of sp³-hybridized carbons (Fsp3) is 0.375. The molecule has 234 valence electrons. The van der Waals surface area contributed by atoms with Crippen LogP contribution in [-0.4, -0.2) is 88.9 Å². The van der Waals surface area contributed by atoms with Crippen LogP contribution in [0.4, 0.5) is 0 Å². The number of phenolic OH excluding ortho intramolecular Hbond substituents is 1. The number of nitrogens with zero attached hydrogens (tertiary/aromatic N) is 3. The maximum absolute atomic E-state index is 13.9. The van der Waals surface area contributed by atoms with Crippen molar-refractivity contribution in [3.05, 3.63) is 86.0 Å². The largest absolute Gasteiger partial charge is 0.508 e. The van der Waals surface area contributed by atoms with Crippen LogP contribution in [0.5, 0.6) is 5.75 Å². The number of rotatable bonds is 14. The van der Waals surface area contributed by atoms with Crippen molar-refractivity contribution in [2.45, 2.75) is 38.6 Å². The van der Waals surface area contributed by atoms with Gasteiger partial charge < -0.3 is 24.5 Å². The van der Waals surface area contributed by atoms with Gasteiger partial charge in [-0.15, -0.1) is 11.3 Å². The van der Waals surface area contributed by atoms with Gasteiger partial charge >= 0.3 is 5.97 Å². The number of carbonyl (C=O) groups is 4. The lowest BCUT2D eigenvalue weighted by atomic mass is 10.0. The van der Waals surface area contributed by atoms with Gasteiger partial charge in [-0.1, -0.05) is 47.5 Å². The molecule has 1 aromatic heterocycles. The van der Waals surface area contributed by atoms with E-state index in [1.54, 1.807) is 60.7 Å². The number of thiophene rings is 1. The van der Waals surface area contributed by atoms with Crippen LogP contribution < -0.4 is 0 Å². The van der Waals surface area contributed by atoms with Crippen molar-refractivity contribution in [3.63, 3.8) is 0 Å². The number of hydrogen-bond donors (Lipinski definition) is 1. The Hall–Kier alpha value is -3.60. The number of hydrogen-bond acceptors (Lipinski definition) is 7. The van der Waals surface area contributed by atoms with Crippen LogP contribution in [0.3, 0.4) is 0 Å². The summed E-state index contributed by atoms with van der Waals surface area (Å²) in [6.07, 6.45) is 1.10. The van der Waals surface area contributed by atoms with Gasteiger partial charge in [0.15, 0.2) is 0 Å². The smallest absolute Gasteiger partial charge is 0.325 e. The van der Waals surface area contributed by atoms with Crippen molar-refractivity contribution < 1.29 is 29.0 Å². The standard InChI is InChI=1S/C32H35Cl2N3O6S/c1-2-43-31(41)21-35(14-11-22-5-9-25(38)10-6-22)29(39)19-28-32(42)36(15-12-23-7-8-24(33)18-27(23)34)20-30(40)37(28)16-13-26-4-3-17-44-26/h3-10,17-18,28,38H,2,11-16,19-21H2,1H3. The minimum atomic E-state index is -1.03. The Morgan fingerprint density at radius 1 is 1.05 bits per heavy atom. The molecular formula is C32H35Cl2N3O6S. The summed E-state index contributed by atoms with van der Waals surface area (Å²) in [5.74, 6) is -1.45. The first-order valence-electron chi connectivity index (χ1n) is 14.4. The van der Waals surface area contributed by atoms with Crippen LogP contribution in [0.25, 0.3) is 0 Å². The van der Waals surface area contributed by atoms with Crippen LogP contribution in [0.15, 0.2) is 60.0 Å². The van der Waals surface area contributed by atoms with Crippen LogP contribution in [0.2, 0.25) is 10.0 Å².